The number of carbonyl (C=O) groups is 1. The highest BCUT2D eigenvalue weighted by Gasteiger charge is 2.49. The van der Waals surface area contributed by atoms with Gasteiger partial charge in [0, 0.05) is 29.2 Å². The number of benzene rings is 2. The molecule has 2 bridgehead atoms. The van der Waals surface area contributed by atoms with E-state index in [1.807, 2.05) is 18.2 Å². The normalized spacial score (nSPS) is 27.6. The quantitative estimate of drug-likeness (QED) is 0.603. The minimum Gasteiger partial charge on any atom is -0.352 e. The molecule has 5 rings (SSSR count). The number of hydrogen-bond donors (Lipinski definition) is 1. The molecule has 1 amide bonds. The van der Waals surface area contributed by atoms with E-state index in [0.717, 1.165) is 28.8 Å². The molecule has 1 saturated heterocycles. The smallest absolute Gasteiger partial charge is 0.251 e. The molecule has 2 aromatic rings. The van der Waals surface area contributed by atoms with Crippen molar-refractivity contribution < 1.29 is 4.79 Å². The summed E-state index contributed by atoms with van der Waals surface area (Å²) in [7, 11) is 0. The first-order chi connectivity index (χ1) is 14.9. The van der Waals surface area contributed by atoms with Gasteiger partial charge in [0.05, 0.1) is 0 Å². The predicted octanol–water partition coefficient (Wildman–Crippen LogP) is 5.36. The van der Waals surface area contributed by atoms with E-state index in [-0.39, 0.29) is 11.3 Å². The van der Waals surface area contributed by atoms with Gasteiger partial charge in [0.25, 0.3) is 5.91 Å². The topological polar surface area (TPSA) is 32.3 Å². The largest absolute Gasteiger partial charge is 0.352 e. The molecular weight excluding hydrogens is 448 g/mol. The molecule has 3 aliphatic rings. The van der Waals surface area contributed by atoms with Gasteiger partial charge in [0.15, 0.2) is 0 Å². The summed E-state index contributed by atoms with van der Waals surface area (Å²) in [5, 5.41) is 3.13. The van der Waals surface area contributed by atoms with Crippen LogP contribution in [0.25, 0.3) is 0 Å². The third kappa shape index (κ3) is 4.21. The fourth-order valence-corrected chi connectivity index (χ4v) is 6.27. The van der Waals surface area contributed by atoms with E-state index >= 15 is 0 Å². The highest BCUT2D eigenvalue weighted by molar-refractivity contribution is 9.10. The number of halogens is 1. The van der Waals surface area contributed by atoms with Crippen molar-refractivity contribution in [2.75, 3.05) is 19.6 Å². The van der Waals surface area contributed by atoms with Crippen LogP contribution in [0.15, 0.2) is 46.9 Å². The van der Waals surface area contributed by atoms with E-state index in [1.165, 1.54) is 49.0 Å². The van der Waals surface area contributed by atoms with Crippen molar-refractivity contribution in [1.82, 2.24) is 10.2 Å². The molecule has 0 aromatic heterocycles. The molecule has 3 atom stereocenters. The van der Waals surface area contributed by atoms with Crippen LogP contribution in [0.3, 0.4) is 0 Å². The van der Waals surface area contributed by atoms with Crippen LogP contribution in [0.4, 0.5) is 0 Å². The van der Waals surface area contributed by atoms with E-state index in [0.29, 0.717) is 18.5 Å². The maximum Gasteiger partial charge on any atom is 0.251 e. The molecule has 3 nitrogen and oxygen atoms in total. The van der Waals surface area contributed by atoms with Crippen molar-refractivity contribution in [2.24, 2.45) is 11.8 Å². The molecule has 1 saturated carbocycles. The second kappa shape index (κ2) is 8.37. The Morgan fingerprint density at radius 2 is 2.06 bits per heavy atom. The number of amides is 1. The summed E-state index contributed by atoms with van der Waals surface area (Å²) in [6.45, 7) is 8.02. The van der Waals surface area contributed by atoms with Crippen LogP contribution < -0.4 is 5.32 Å². The molecule has 1 N–H and O–H groups in total. The molecule has 4 heteroatoms. The van der Waals surface area contributed by atoms with Gasteiger partial charge < -0.3 is 5.32 Å². The third-order valence-electron chi connectivity index (χ3n) is 8.16. The second-order valence-corrected chi connectivity index (χ2v) is 11.1. The lowest BCUT2D eigenvalue weighted by Crippen LogP contribution is -2.58. The predicted molar refractivity (Wildman–Crippen MR) is 130 cm³/mol. The van der Waals surface area contributed by atoms with Gasteiger partial charge in [0.2, 0.25) is 0 Å². The Morgan fingerprint density at radius 3 is 2.84 bits per heavy atom. The fourth-order valence-electron chi connectivity index (χ4n) is 5.82. The number of carbonyl (C=O) groups excluding carboxylic acids is 1. The lowest BCUT2D eigenvalue weighted by molar-refractivity contribution is 0.0284. The molecule has 2 aliphatic carbocycles. The van der Waals surface area contributed by atoms with Gasteiger partial charge in [-0.05, 0) is 96.9 Å². The van der Waals surface area contributed by atoms with Crippen molar-refractivity contribution in [3.05, 3.63) is 69.2 Å². The number of rotatable bonds is 6. The number of nitrogens with one attached hydrogen (secondary N) is 1. The van der Waals surface area contributed by atoms with Crippen LogP contribution in [0.2, 0.25) is 0 Å². The SMILES string of the molecule is C[C@H]1C2Cc3ccc(C(=O)NCCc4cccc(Br)c4)cc3[C@@]1(C)CCN2CC1CC1. The molecule has 0 spiro atoms. The average molecular weight is 481 g/mol. The molecule has 0 radical (unpaired) electrons. The first-order valence-corrected chi connectivity index (χ1v) is 12.6. The van der Waals surface area contributed by atoms with Crippen molar-refractivity contribution in [3.63, 3.8) is 0 Å². The number of piperidine rings is 1. The highest BCUT2D eigenvalue weighted by atomic mass is 79.9. The Morgan fingerprint density at radius 1 is 1.23 bits per heavy atom. The zero-order chi connectivity index (χ0) is 21.6. The number of hydrogen-bond acceptors (Lipinski definition) is 2. The van der Waals surface area contributed by atoms with Crippen molar-refractivity contribution in [3.8, 4) is 0 Å². The maximum atomic E-state index is 12.9. The zero-order valence-electron chi connectivity index (χ0n) is 18.7. The summed E-state index contributed by atoms with van der Waals surface area (Å²) in [6.07, 6.45) is 6.00. The second-order valence-electron chi connectivity index (χ2n) is 10.2. The van der Waals surface area contributed by atoms with E-state index in [1.54, 1.807) is 0 Å². The van der Waals surface area contributed by atoms with E-state index in [2.05, 4.69) is 64.3 Å². The van der Waals surface area contributed by atoms with Gasteiger partial charge in [-0.2, -0.15) is 0 Å². The maximum absolute atomic E-state index is 12.9. The zero-order valence-corrected chi connectivity index (χ0v) is 20.2. The molecule has 2 fully saturated rings. The van der Waals surface area contributed by atoms with Crippen LogP contribution in [-0.2, 0) is 18.3 Å². The average Bonchev–Trinajstić information content (AvgIpc) is 3.57. The van der Waals surface area contributed by atoms with Crippen LogP contribution in [0.5, 0.6) is 0 Å². The lowest BCUT2D eigenvalue weighted by atomic mass is 9.59. The molecule has 1 aliphatic heterocycles. The van der Waals surface area contributed by atoms with Crippen LogP contribution in [0.1, 0.15) is 60.2 Å². The summed E-state index contributed by atoms with van der Waals surface area (Å²) in [4.78, 5) is 15.7. The Balaban J connectivity index is 1.29. The van der Waals surface area contributed by atoms with Crippen LogP contribution in [0, 0.1) is 11.8 Å². The Labute approximate surface area is 194 Å². The van der Waals surface area contributed by atoms with E-state index < -0.39 is 0 Å². The Bertz CT molecular complexity index is 985. The monoisotopic (exact) mass is 480 g/mol. The lowest BCUT2D eigenvalue weighted by Gasteiger charge is -2.55. The van der Waals surface area contributed by atoms with Crippen LogP contribution in [-0.4, -0.2) is 36.5 Å². The molecule has 1 heterocycles. The fraction of sp³-hybridized carbons (Fsp3) is 0.519. The number of nitrogens with zero attached hydrogens (tertiary/aromatic N) is 1. The molecular formula is C27H33BrN2O. The van der Waals surface area contributed by atoms with Crippen molar-refractivity contribution in [2.45, 2.75) is 57.4 Å². The van der Waals surface area contributed by atoms with Gasteiger partial charge in [-0.15, -0.1) is 0 Å². The van der Waals surface area contributed by atoms with Gasteiger partial charge in [-0.3, -0.25) is 9.69 Å². The molecule has 1 unspecified atom stereocenters. The summed E-state index contributed by atoms with van der Waals surface area (Å²) >= 11 is 3.51. The number of likely N-dealkylation sites (tertiary alicyclic amines) is 1. The Hall–Kier alpha value is -1.65. The highest BCUT2D eigenvalue weighted by Crippen LogP contribution is 2.49. The van der Waals surface area contributed by atoms with Crippen molar-refractivity contribution >= 4 is 21.8 Å². The first kappa shape index (κ1) is 21.2. The van der Waals surface area contributed by atoms with Crippen LogP contribution >= 0.6 is 15.9 Å². The van der Waals surface area contributed by atoms with Gasteiger partial charge in [-0.1, -0.05) is 48.0 Å². The Kier molecular flexibility index (Phi) is 5.72. The molecule has 2 aromatic carbocycles. The molecule has 164 valence electrons. The first-order valence-electron chi connectivity index (χ1n) is 11.8. The van der Waals surface area contributed by atoms with E-state index in [4.69, 9.17) is 0 Å². The number of fused-ring (bicyclic) bond motifs is 4. The van der Waals surface area contributed by atoms with Gasteiger partial charge >= 0.3 is 0 Å². The van der Waals surface area contributed by atoms with Gasteiger partial charge in [-0.25, -0.2) is 0 Å². The van der Waals surface area contributed by atoms with Gasteiger partial charge in [0.1, 0.15) is 0 Å². The minimum absolute atomic E-state index is 0.0438. The summed E-state index contributed by atoms with van der Waals surface area (Å²) in [6, 6.07) is 15.4. The summed E-state index contributed by atoms with van der Waals surface area (Å²) in [5.74, 6) is 1.62. The van der Waals surface area contributed by atoms with E-state index in [9.17, 15) is 4.79 Å². The molecule has 31 heavy (non-hydrogen) atoms. The summed E-state index contributed by atoms with van der Waals surface area (Å²) in [5.41, 5.74) is 5.08. The standard InChI is InChI=1S/C27H33BrN2O/c1-18-25-16-21-8-9-22(26(31)29-12-10-19-4-3-5-23(28)14-19)15-24(21)27(18,2)11-13-30(25)17-20-6-7-20/h3-5,8-9,14-15,18,20,25H,6-7,10-13,16-17H2,1-2H3,(H,29,31)/t18-,25?,27-/m0/s1. The third-order valence-corrected chi connectivity index (χ3v) is 8.66. The minimum atomic E-state index is 0.0438. The summed E-state index contributed by atoms with van der Waals surface area (Å²) < 4.78 is 1.08. The van der Waals surface area contributed by atoms with Crippen molar-refractivity contribution in [1.29, 1.82) is 0 Å².